The molecule has 2 unspecified atom stereocenters. The molecule has 1 aromatic carbocycles. The topological polar surface area (TPSA) is 34.1 Å². The Morgan fingerprint density at radius 3 is 2.57 bits per heavy atom. The summed E-state index contributed by atoms with van der Waals surface area (Å²) in [6.07, 6.45) is 6.94. The SMILES string of the molecule is COc1ccc(NC2CCCCC2c2ccccc2)cn1. The van der Waals surface area contributed by atoms with Gasteiger partial charge in [0.05, 0.1) is 19.0 Å². The van der Waals surface area contributed by atoms with Gasteiger partial charge in [-0.3, -0.25) is 0 Å². The molecule has 1 saturated carbocycles. The lowest BCUT2D eigenvalue weighted by molar-refractivity contribution is 0.396. The van der Waals surface area contributed by atoms with E-state index in [-0.39, 0.29) is 0 Å². The average Bonchev–Trinajstić information content (AvgIpc) is 2.57. The number of hydrogen-bond acceptors (Lipinski definition) is 3. The molecule has 0 spiro atoms. The summed E-state index contributed by atoms with van der Waals surface area (Å²) in [6, 6.07) is 15.3. The quantitative estimate of drug-likeness (QED) is 0.911. The number of pyridine rings is 1. The van der Waals surface area contributed by atoms with Gasteiger partial charge in [-0.25, -0.2) is 4.98 Å². The first kappa shape index (κ1) is 13.9. The van der Waals surface area contributed by atoms with Gasteiger partial charge in [0.25, 0.3) is 0 Å². The van der Waals surface area contributed by atoms with Crippen LogP contribution in [0.25, 0.3) is 0 Å². The second kappa shape index (κ2) is 6.61. The summed E-state index contributed by atoms with van der Waals surface area (Å²) < 4.78 is 5.11. The number of nitrogens with zero attached hydrogens (tertiary/aromatic N) is 1. The lowest BCUT2D eigenvalue weighted by atomic mass is 9.80. The number of hydrogen-bond donors (Lipinski definition) is 1. The highest BCUT2D eigenvalue weighted by molar-refractivity contribution is 5.44. The Bertz CT molecular complexity index is 553. The summed E-state index contributed by atoms with van der Waals surface area (Å²) in [4.78, 5) is 4.28. The van der Waals surface area contributed by atoms with Crippen molar-refractivity contribution in [2.24, 2.45) is 0 Å². The van der Waals surface area contributed by atoms with Crippen molar-refractivity contribution in [3.8, 4) is 5.88 Å². The van der Waals surface area contributed by atoms with Gasteiger partial charge in [-0.2, -0.15) is 0 Å². The smallest absolute Gasteiger partial charge is 0.213 e. The van der Waals surface area contributed by atoms with E-state index < -0.39 is 0 Å². The molecule has 2 aromatic rings. The molecule has 21 heavy (non-hydrogen) atoms. The molecule has 1 aromatic heterocycles. The third-order valence-electron chi connectivity index (χ3n) is 4.29. The van der Waals surface area contributed by atoms with Crippen LogP contribution in [0.3, 0.4) is 0 Å². The third-order valence-corrected chi connectivity index (χ3v) is 4.29. The first-order chi connectivity index (χ1) is 10.4. The number of methoxy groups -OCH3 is 1. The van der Waals surface area contributed by atoms with Crippen LogP contribution in [0.4, 0.5) is 5.69 Å². The van der Waals surface area contributed by atoms with Crippen LogP contribution < -0.4 is 10.1 Å². The highest BCUT2D eigenvalue weighted by Gasteiger charge is 2.26. The van der Waals surface area contributed by atoms with Crippen molar-refractivity contribution >= 4 is 5.69 Å². The third kappa shape index (κ3) is 3.35. The van der Waals surface area contributed by atoms with Crippen LogP contribution in [0.5, 0.6) is 5.88 Å². The predicted molar refractivity (Wildman–Crippen MR) is 85.9 cm³/mol. The minimum absolute atomic E-state index is 0.483. The second-order valence-electron chi connectivity index (χ2n) is 5.64. The normalized spacial score (nSPS) is 21.8. The van der Waals surface area contributed by atoms with Crippen LogP contribution in [0.1, 0.15) is 37.2 Å². The van der Waals surface area contributed by atoms with Crippen LogP contribution in [0, 0.1) is 0 Å². The second-order valence-corrected chi connectivity index (χ2v) is 5.64. The van der Waals surface area contributed by atoms with Crippen molar-refractivity contribution < 1.29 is 4.74 Å². The van der Waals surface area contributed by atoms with Crippen molar-refractivity contribution in [2.45, 2.75) is 37.6 Å². The molecule has 3 nitrogen and oxygen atoms in total. The number of nitrogens with one attached hydrogen (secondary N) is 1. The van der Waals surface area contributed by atoms with Crippen molar-refractivity contribution in [3.63, 3.8) is 0 Å². The Hall–Kier alpha value is -2.03. The molecule has 2 atom stereocenters. The monoisotopic (exact) mass is 282 g/mol. The van der Waals surface area contributed by atoms with Crippen molar-refractivity contribution in [1.29, 1.82) is 0 Å². The number of aromatic nitrogens is 1. The number of anilines is 1. The van der Waals surface area contributed by atoms with E-state index in [0.29, 0.717) is 17.8 Å². The summed E-state index contributed by atoms with van der Waals surface area (Å²) in [7, 11) is 1.64. The summed E-state index contributed by atoms with van der Waals surface area (Å²) in [6.45, 7) is 0. The van der Waals surface area contributed by atoms with Gasteiger partial charge in [-0.15, -0.1) is 0 Å². The van der Waals surface area contributed by atoms with Crippen LogP contribution in [-0.4, -0.2) is 18.1 Å². The molecule has 3 rings (SSSR count). The zero-order chi connectivity index (χ0) is 14.5. The van der Waals surface area contributed by atoms with Crippen molar-refractivity contribution in [3.05, 3.63) is 54.2 Å². The molecule has 1 heterocycles. The van der Waals surface area contributed by atoms with E-state index >= 15 is 0 Å². The van der Waals surface area contributed by atoms with Crippen molar-refractivity contribution in [1.82, 2.24) is 4.98 Å². The zero-order valence-electron chi connectivity index (χ0n) is 12.5. The Morgan fingerprint density at radius 1 is 1.05 bits per heavy atom. The highest BCUT2D eigenvalue weighted by atomic mass is 16.5. The maximum atomic E-state index is 5.11. The van der Waals surface area contributed by atoms with E-state index in [1.165, 1.54) is 31.2 Å². The minimum Gasteiger partial charge on any atom is -0.481 e. The molecule has 1 fully saturated rings. The molecule has 0 aliphatic heterocycles. The lowest BCUT2D eigenvalue weighted by Crippen LogP contribution is -2.30. The Balaban J connectivity index is 1.75. The summed E-state index contributed by atoms with van der Waals surface area (Å²) in [5.41, 5.74) is 2.51. The minimum atomic E-state index is 0.483. The molecule has 3 heteroatoms. The fraction of sp³-hybridized carbons (Fsp3) is 0.389. The molecule has 1 aliphatic carbocycles. The Kier molecular flexibility index (Phi) is 4.39. The van der Waals surface area contributed by atoms with Crippen LogP contribution in [-0.2, 0) is 0 Å². The number of ether oxygens (including phenoxy) is 1. The molecular formula is C18H22N2O. The highest BCUT2D eigenvalue weighted by Crippen LogP contribution is 2.34. The lowest BCUT2D eigenvalue weighted by Gasteiger charge is -2.33. The fourth-order valence-corrected chi connectivity index (χ4v) is 3.20. The Labute approximate surface area is 126 Å². The first-order valence-electron chi connectivity index (χ1n) is 7.68. The van der Waals surface area contributed by atoms with Gasteiger partial charge in [0.1, 0.15) is 0 Å². The zero-order valence-corrected chi connectivity index (χ0v) is 12.5. The largest absolute Gasteiger partial charge is 0.481 e. The van der Waals surface area contributed by atoms with Crippen molar-refractivity contribution in [2.75, 3.05) is 12.4 Å². The molecule has 1 N–H and O–H groups in total. The van der Waals surface area contributed by atoms with E-state index in [1.54, 1.807) is 7.11 Å². The Morgan fingerprint density at radius 2 is 1.86 bits per heavy atom. The number of benzene rings is 1. The van der Waals surface area contributed by atoms with Gasteiger partial charge in [-0.05, 0) is 24.5 Å². The molecule has 1 aliphatic rings. The molecule has 110 valence electrons. The van der Waals surface area contributed by atoms with Crippen LogP contribution in [0.15, 0.2) is 48.7 Å². The summed E-state index contributed by atoms with van der Waals surface area (Å²) >= 11 is 0. The van der Waals surface area contributed by atoms with Gasteiger partial charge < -0.3 is 10.1 Å². The standard InChI is InChI=1S/C18H22N2O/c1-21-18-12-11-15(13-19-18)20-17-10-6-5-9-16(17)14-7-3-2-4-8-14/h2-4,7-8,11-13,16-17,20H,5-6,9-10H2,1H3. The van der Waals surface area contributed by atoms with Gasteiger partial charge in [0.2, 0.25) is 5.88 Å². The van der Waals surface area contributed by atoms with Gasteiger partial charge in [-0.1, -0.05) is 43.2 Å². The van der Waals surface area contributed by atoms with Gasteiger partial charge in [0.15, 0.2) is 0 Å². The van der Waals surface area contributed by atoms with Crippen LogP contribution >= 0.6 is 0 Å². The van der Waals surface area contributed by atoms with Gasteiger partial charge in [0, 0.05) is 18.0 Å². The van der Waals surface area contributed by atoms with Gasteiger partial charge >= 0.3 is 0 Å². The van der Waals surface area contributed by atoms with Crippen LogP contribution in [0.2, 0.25) is 0 Å². The van der Waals surface area contributed by atoms with E-state index in [4.69, 9.17) is 4.74 Å². The summed E-state index contributed by atoms with van der Waals surface area (Å²) in [5, 5.41) is 3.66. The van der Waals surface area contributed by atoms with E-state index in [1.807, 2.05) is 18.3 Å². The fourth-order valence-electron chi connectivity index (χ4n) is 3.20. The van der Waals surface area contributed by atoms with E-state index in [9.17, 15) is 0 Å². The molecule has 0 saturated heterocycles. The maximum absolute atomic E-state index is 5.11. The van der Waals surface area contributed by atoms with E-state index in [2.05, 4.69) is 40.6 Å². The summed E-state index contributed by atoms with van der Waals surface area (Å²) in [5.74, 6) is 1.24. The average molecular weight is 282 g/mol. The maximum Gasteiger partial charge on any atom is 0.213 e. The number of rotatable bonds is 4. The first-order valence-corrected chi connectivity index (χ1v) is 7.68. The molecule has 0 bridgehead atoms. The molecule has 0 amide bonds. The predicted octanol–water partition coefficient (Wildman–Crippen LogP) is 4.23. The molecule has 0 radical (unpaired) electrons. The van der Waals surface area contributed by atoms with E-state index in [0.717, 1.165) is 5.69 Å². The molecular weight excluding hydrogens is 260 g/mol.